The minimum absolute atomic E-state index is 1.13. The number of benzene rings is 2. The highest BCUT2D eigenvalue weighted by Gasteiger charge is 2.11. The van der Waals surface area contributed by atoms with Crippen LogP contribution in [0, 0.1) is 0 Å². The van der Waals surface area contributed by atoms with Crippen LogP contribution in [0.2, 0.25) is 0 Å². The van der Waals surface area contributed by atoms with Crippen molar-refractivity contribution in [2.45, 2.75) is 89.9 Å². The van der Waals surface area contributed by atoms with Crippen LogP contribution in [0.15, 0.2) is 36.4 Å². The number of hydrogen-bond acceptors (Lipinski definition) is 2. The van der Waals surface area contributed by atoms with Crippen molar-refractivity contribution >= 4 is 0 Å². The third-order valence-corrected chi connectivity index (χ3v) is 6.55. The predicted molar refractivity (Wildman–Crippen MR) is 127 cm³/mol. The minimum Gasteiger partial charge on any atom is -0.496 e. The van der Waals surface area contributed by atoms with Gasteiger partial charge in [0.25, 0.3) is 0 Å². The van der Waals surface area contributed by atoms with E-state index in [4.69, 9.17) is 9.47 Å². The molecule has 3 rings (SSSR count). The molecule has 1 aliphatic carbocycles. The van der Waals surface area contributed by atoms with Gasteiger partial charge in [-0.2, -0.15) is 0 Å². The zero-order valence-electron chi connectivity index (χ0n) is 19.2. The lowest BCUT2D eigenvalue weighted by Crippen LogP contribution is -2.00. The van der Waals surface area contributed by atoms with Gasteiger partial charge in [-0.1, -0.05) is 74.9 Å². The lowest BCUT2D eigenvalue weighted by Gasteiger charge is -2.15. The fourth-order valence-electron chi connectivity index (χ4n) is 4.91. The molecule has 0 saturated heterocycles. The van der Waals surface area contributed by atoms with E-state index >= 15 is 0 Å². The maximum atomic E-state index is 5.82. The van der Waals surface area contributed by atoms with Gasteiger partial charge in [0, 0.05) is 0 Å². The lowest BCUT2D eigenvalue weighted by molar-refractivity contribution is 0.401. The average Bonchev–Trinajstić information content (AvgIpc) is 2.77. The monoisotopic (exact) mass is 408 g/mol. The van der Waals surface area contributed by atoms with Crippen molar-refractivity contribution in [3.8, 4) is 11.5 Å². The largest absolute Gasteiger partial charge is 0.496 e. The molecule has 0 atom stereocenters. The Balaban J connectivity index is 1.64. The Bertz CT molecular complexity index is 647. The van der Waals surface area contributed by atoms with Gasteiger partial charge < -0.3 is 9.47 Å². The zero-order chi connectivity index (χ0) is 21.0. The van der Waals surface area contributed by atoms with Gasteiger partial charge >= 0.3 is 0 Å². The van der Waals surface area contributed by atoms with Gasteiger partial charge in [-0.05, 0) is 73.6 Å². The van der Waals surface area contributed by atoms with Gasteiger partial charge in [-0.3, -0.25) is 0 Å². The van der Waals surface area contributed by atoms with Crippen LogP contribution in [0.5, 0.6) is 11.5 Å². The zero-order valence-corrected chi connectivity index (χ0v) is 19.2. The van der Waals surface area contributed by atoms with Crippen molar-refractivity contribution in [2.24, 2.45) is 0 Å². The second kappa shape index (κ2) is 12.7. The predicted octanol–water partition coefficient (Wildman–Crippen LogP) is 7.49. The molecule has 2 aromatic carbocycles. The van der Waals surface area contributed by atoms with E-state index in [1.807, 2.05) is 14.2 Å². The Morgan fingerprint density at radius 1 is 0.433 bits per heavy atom. The van der Waals surface area contributed by atoms with Crippen LogP contribution in [-0.2, 0) is 25.7 Å². The van der Waals surface area contributed by atoms with Crippen LogP contribution < -0.4 is 9.47 Å². The number of fused-ring (bicyclic) bond motifs is 4. The molecule has 4 bridgehead atoms. The van der Waals surface area contributed by atoms with Gasteiger partial charge in [0.05, 0.1) is 14.2 Å². The van der Waals surface area contributed by atoms with Gasteiger partial charge in [-0.25, -0.2) is 0 Å². The van der Waals surface area contributed by atoms with E-state index < -0.39 is 0 Å². The molecule has 2 nitrogen and oxygen atoms in total. The number of para-hydroxylation sites is 2. The standard InChI is InChI=1S/C28H40O2/c1-29-27-23-15-9-5-3-7-11-17-25-21-14-22-26(28(25)30-2)18-12-8-4-6-10-16-24(27)20-13-19-23/h13-14,19-22H,3-12,15-18H2,1-2H3. The molecule has 2 aromatic rings. The van der Waals surface area contributed by atoms with Crippen molar-refractivity contribution in [3.63, 3.8) is 0 Å². The van der Waals surface area contributed by atoms with Crippen LogP contribution in [0.25, 0.3) is 0 Å². The number of aryl methyl sites for hydroxylation is 4. The Hall–Kier alpha value is -1.96. The van der Waals surface area contributed by atoms with Crippen LogP contribution in [0.3, 0.4) is 0 Å². The summed E-state index contributed by atoms with van der Waals surface area (Å²) in [4.78, 5) is 0. The quantitative estimate of drug-likeness (QED) is 0.512. The van der Waals surface area contributed by atoms with E-state index in [1.54, 1.807) is 0 Å². The Morgan fingerprint density at radius 2 is 0.700 bits per heavy atom. The molecule has 0 aliphatic heterocycles. The number of hydrogen-bond donors (Lipinski definition) is 0. The number of ether oxygens (including phenoxy) is 2. The van der Waals surface area contributed by atoms with Crippen LogP contribution in [0.1, 0.15) is 86.5 Å². The van der Waals surface area contributed by atoms with E-state index in [9.17, 15) is 0 Å². The van der Waals surface area contributed by atoms with Crippen molar-refractivity contribution in [2.75, 3.05) is 14.2 Å². The van der Waals surface area contributed by atoms with Crippen molar-refractivity contribution in [1.29, 1.82) is 0 Å². The molecule has 164 valence electrons. The SMILES string of the molecule is COc1c2cccc1CCCCCCCc1cccc(c1OC)CCCCCCC2. The van der Waals surface area contributed by atoms with Crippen LogP contribution in [0.4, 0.5) is 0 Å². The Labute approximate surface area is 184 Å². The van der Waals surface area contributed by atoms with Gasteiger partial charge in [0.1, 0.15) is 11.5 Å². The first-order valence-corrected chi connectivity index (χ1v) is 12.1. The first-order valence-electron chi connectivity index (χ1n) is 12.1. The molecule has 0 N–H and O–H groups in total. The molecule has 0 unspecified atom stereocenters. The molecule has 0 aromatic heterocycles. The third kappa shape index (κ3) is 6.52. The fourth-order valence-corrected chi connectivity index (χ4v) is 4.91. The normalized spacial score (nSPS) is 17.1. The second-order valence-electron chi connectivity index (χ2n) is 8.75. The molecule has 0 heterocycles. The van der Waals surface area contributed by atoms with Gasteiger partial charge in [-0.15, -0.1) is 0 Å². The second-order valence-corrected chi connectivity index (χ2v) is 8.75. The topological polar surface area (TPSA) is 18.5 Å². The van der Waals surface area contributed by atoms with Crippen molar-refractivity contribution in [3.05, 3.63) is 58.7 Å². The Kier molecular flexibility index (Phi) is 9.60. The molecule has 0 amide bonds. The highest BCUT2D eigenvalue weighted by molar-refractivity contribution is 5.42. The average molecular weight is 409 g/mol. The van der Waals surface area contributed by atoms with E-state index in [0.29, 0.717) is 0 Å². The number of methoxy groups -OCH3 is 2. The molecule has 1 aliphatic rings. The molecular formula is C28H40O2. The molecule has 0 fully saturated rings. The van der Waals surface area contributed by atoms with E-state index in [0.717, 1.165) is 37.2 Å². The summed E-state index contributed by atoms with van der Waals surface area (Å²) in [5, 5.41) is 0. The maximum absolute atomic E-state index is 5.82. The Morgan fingerprint density at radius 3 is 0.967 bits per heavy atom. The van der Waals surface area contributed by atoms with E-state index in [-0.39, 0.29) is 0 Å². The highest BCUT2D eigenvalue weighted by Crippen LogP contribution is 2.29. The third-order valence-electron chi connectivity index (χ3n) is 6.55. The molecule has 0 spiro atoms. The summed E-state index contributed by atoms with van der Waals surface area (Å²) in [6.45, 7) is 0. The first kappa shape index (κ1) is 22.7. The van der Waals surface area contributed by atoms with Gasteiger partial charge in [0.15, 0.2) is 0 Å². The fraction of sp³-hybridized carbons (Fsp3) is 0.571. The minimum atomic E-state index is 1.13. The van der Waals surface area contributed by atoms with Crippen molar-refractivity contribution in [1.82, 2.24) is 0 Å². The molecule has 0 radical (unpaired) electrons. The van der Waals surface area contributed by atoms with Crippen LogP contribution >= 0.6 is 0 Å². The summed E-state index contributed by atoms with van der Waals surface area (Å²) >= 11 is 0. The summed E-state index contributed by atoms with van der Waals surface area (Å²) < 4.78 is 11.6. The van der Waals surface area contributed by atoms with Gasteiger partial charge in [0.2, 0.25) is 0 Å². The first-order chi connectivity index (χ1) is 14.8. The summed E-state index contributed by atoms with van der Waals surface area (Å²) in [5.74, 6) is 2.30. The molecular weight excluding hydrogens is 368 g/mol. The van der Waals surface area contributed by atoms with E-state index in [2.05, 4.69) is 36.4 Å². The smallest absolute Gasteiger partial charge is 0.125 e. The molecule has 0 saturated carbocycles. The maximum Gasteiger partial charge on any atom is 0.125 e. The summed E-state index contributed by atoms with van der Waals surface area (Å²) in [5.41, 5.74) is 5.58. The number of rotatable bonds is 2. The lowest BCUT2D eigenvalue weighted by atomic mass is 9.96. The molecule has 30 heavy (non-hydrogen) atoms. The summed E-state index contributed by atoms with van der Waals surface area (Å²) in [7, 11) is 3.67. The molecule has 2 heteroatoms. The van der Waals surface area contributed by atoms with Crippen molar-refractivity contribution < 1.29 is 9.47 Å². The summed E-state index contributed by atoms with van der Waals surface area (Å²) in [6.07, 6.45) is 17.3. The van der Waals surface area contributed by atoms with Crippen LogP contribution in [-0.4, -0.2) is 14.2 Å². The van der Waals surface area contributed by atoms with E-state index in [1.165, 1.54) is 86.5 Å². The highest BCUT2D eigenvalue weighted by atomic mass is 16.5. The summed E-state index contributed by atoms with van der Waals surface area (Å²) in [6, 6.07) is 13.5.